The molecule has 0 aromatic heterocycles. The lowest BCUT2D eigenvalue weighted by molar-refractivity contribution is 0.936. The van der Waals surface area contributed by atoms with Crippen molar-refractivity contribution in [1.29, 1.82) is 0 Å². The molecule has 0 bridgehead atoms. The lowest BCUT2D eigenvalue weighted by Gasteiger charge is -2.30. The van der Waals surface area contributed by atoms with Gasteiger partial charge in [-0.2, -0.15) is 0 Å². The van der Waals surface area contributed by atoms with Crippen molar-refractivity contribution in [3.8, 4) is 0 Å². The molecule has 22 heavy (non-hydrogen) atoms. The molecule has 0 nitrogen and oxygen atoms in total. The van der Waals surface area contributed by atoms with E-state index < -0.39 is 0 Å². The second-order valence-corrected chi connectivity index (χ2v) is 6.94. The first-order valence-corrected chi connectivity index (χ1v) is 8.60. The Morgan fingerprint density at radius 2 is 0.909 bits per heavy atom. The summed E-state index contributed by atoms with van der Waals surface area (Å²) in [6.45, 7) is 0. The van der Waals surface area contributed by atoms with Crippen LogP contribution in [0.5, 0.6) is 0 Å². The minimum absolute atomic E-state index is 0.0762. The molecule has 0 spiro atoms. The summed E-state index contributed by atoms with van der Waals surface area (Å²) < 4.78 is 0. The van der Waals surface area contributed by atoms with E-state index in [4.69, 9.17) is 36.7 Å². The monoisotopic (exact) mass is 340 g/mol. The lowest BCUT2D eigenvalue weighted by Crippen LogP contribution is -2.25. The van der Waals surface area contributed by atoms with Gasteiger partial charge in [-0.3, -0.25) is 0 Å². The van der Waals surface area contributed by atoms with Crippen LogP contribution in [0.2, 0.25) is 0 Å². The summed E-state index contributed by atoms with van der Waals surface area (Å²) in [4.78, 5) is 2.97. The van der Waals surface area contributed by atoms with Crippen LogP contribution >= 0.6 is 36.7 Å². The Bertz CT molecular complexity index is 624. The Hall–Kier alpha value is -1.29. The quantitative estimate of drug-likeness (QED) is 0.634. The summed E-state index contributed by atoms with van der Waals surface area (Å²) in [5.41, 5.74) is 3.51. The topological polar surface area (TPSA) is 0 Å². The normalized spacial score (nSPS) is 21.1. The first-order valence-electron chi connectivity index (χ1n) is 7.38. The Labute approximate surface area is 147 Å². The Kier molecular flexibility index (Phi) is 4.87. The van der Waals surface area contributed by atoms with Crippen molar-refractivity contribution in [1.82, 2.24) is 0 Å². The Morgan fingerprint density at radius 3 is 1.18 bits per heavy atom. The number of rotatable bonds is 3. The molecule has 3 heteroatoms. The zero-order valence-corrected chi connectivity index (χ0v) is 14.6. The van der Waals surface area contributed by atoms with Gasteiger partial charge >= 0.3 is 0 Å². The molecule has 3 aliphatic rings. The molecule has 0 fully saturated rings. The fraction of sp³-hybridized carbons (Fsp3) is 0.211. The molecule has 0 heterocycles. The van der Waals surface area contributed by atoms with Crippen LogP contribution in [0.1, 0.15) is 19.3 Å². The van der Waals surface area contributed by atoms with Crippen LogP contribution in [0, 0.1) is 5.92 Å². The molecule has 3 aliphatic carbocycles. The fourth-order valence-electron chi connectivity index (χ4n) is 2.95. The average molecular weight is 341 g/mol. The van der Waals surface area contributed by atoms with Gasteiger partial charge in [0.05, 0.1) is 0 Å². The first kappa shape index (κ1) is 15.6. The predicted molar refractivity (Wildman–Crippen MR) is 107 cm³/mol. The largest absolute Gasteiger partial charge is 0.0842 e. The van der Waals surface area contributed by atoms with E-state index in [0.717, 1.165) is 33.9 Å². The molecule has 0 atom stereocenters. The van der Waals surface area contributed by atoms with Gasteiger partial charge in [-0.15, -0.1) is 0 Å². The maximum Gasteiger partial charge on any atom is 0.0373 e. The van der Waals surface area contributed by atoms with Crippen LogP contribution in [0.4, 0.5) is 0 Å². The van der Waals surface area contributed by atoms with Crippen LogP contribution in [-0.4, -0.2) is 14.6 Å². The molecule has 0 aliphatic heterocycles. The molecule has 0 aromatic carbocycles. The molecule has 3 rings (SSSR count). The van der Waals surface area contributed by atoms with E-state index in [1.54, 1.807) is 0 Å². The van der Waals surface area contributed by atoms with Crippen LogP contribution in [0.3, 0.4) is 0 Å². The van der Waals surface area contributed by atoms with Crippen LogP contribution in [0.15, 0.2) is 71.4 Å². The molecule has 110 valence electrons. The fourth-order valence-corrected chi connectivity index (χ4v) is 3.79. The predicted octanol–water partition coefficient (Wildman–Crippen LogP) is 5.37. The average Bonchev–Trinajstić information content (AvgIpc) is 2.53. The zero-order valence-electron chi connectivity index (χ0n) is 12.1. The zero-order chi connectivity index (χ0) is 15.5. The second kappa shape index (κ2) is 6.86. The Balaban J connectivity index is 2.12. The van der Waals surface area contributed by atoms with E-state index in [9.17, 15) is 0 Å². The Morgan fingerprint density at radius 1 is 0.591 bits per heavy atom. The maximum absolute atomic E-state index is 5.62. The highest BCUT2D eigenvalue weighted by molar-refractivity contribution is 7.81. The highest BCUT2D eigenvalue weighted by atomic mass is 32.1. The summed E-state index contributed by atoms with van der Waals surface area (Å²) in [5.74, 6) is 0.0762. The lowest BCUT2D eigenvalue weighted by atomic mass is 9.75. The highest BCUT2D eigenvalue weighted by Crippen LogP contribution is 2.36. The van der Waals surface area contributed by atoms with Gasteiger partial charge in [0, 0.05) is 39.8 Å². The molecule has 0 amide bonds. The highest BCUT2D eigenvalue weighted by Gasteiger charge is 2.30. The van der Waals surface area contributed by atoms with E-state index in [2.05, 4.69) is 54.7 Å². The molecule has 0 radical (unpaired) electrons. The summed E-state index contributed by atoms with van der Waals surface area (Å²) in [6, 6.07) is 0. The van der Waals surface area contributed by atoms with Crippen molar-refractivity contribution in [2.75, 3.05) is 0 Å². The standard InChI is InChI=1S/C19H16S3/c20-16-10-4-1-7-13(16)19(14-8-2-5-11-17(14)21)15-9-3-6-12-18(15)22/h1-9,19H,10-12H2. The molecule has 0 saturated heterocycles. The van der Waals surface area contributed by atoms with Gasteiger partial charge < -0.3 is 0 Å². The molecule has 0 aromatic rings. The van der Waals surface area contributed by atoms with E-state index >= 15 is 0 Å². The maximum atomic E-state index is 5.62. The van der Waals surface area contributed by atoms with E-state index in [1.165, 1.54) is 16.7 Å². The van der Waals surface area contributed by atoms with Gasteiger partial charge in [-0.1, -0.05) is 91.3 Å². The number of hydrogen-bond acceptors (Lipinski definition) is 3. The van der Waals surface area contributed by atoms with Gasteiger partial charge in [0.25, 0.3) is 0 Å². The van der Waals surface area contributed by atoms with Gasteiger partial charge in [-0.25, -0.2) is 0 Å². The van der Waals surface area contributed by atoms with Crippen molar-refractivity contribution in [2.24, 2.45) is 5.92 Å². The van der Waals surface area contributed by atoms with Gasteiger partial charge in [0.1, 0.15) is 0 Å². The summed E-state index contributed by atoms with van der Waals surface area (Å²) in [5, 5.41) is 0. The number of hydrogen-bond donors (Lipinski definition) is 0. The van der Waals surface area contributed by atoms with Crippen molar-refractivity contribution in [3.63, 3.8) is 0 Å². The van der Waals surface area contributed by atoms with Gasteiger partial charge in [0.15, 0.2) is 0 Å². The van der Waals surface area contributed by atoms with Gasteiger partial charge in [0.2, 0.25) is 0 Å². The third-order valence-electron chi connectivity index (χ3n) is 4.04. The van der Waals surface area contributed by atoms with Crippen LogP contribution in [-0.2, 0) is 0 Å². The van der Waals surface area contributed by atoms with Crippen molar-refractivity contribution >= 4 is 51.2 Å². The second-order valence-electron chi connectivity index (χ2n) is 5.47. The number of thiocarbonyl (C=S) groups is 3. The smallest absolute Gasteiger partial charge is 0.0373 e. The molecular formula is C19H16S3. The summed E-state index contributed by atoms with van der Waals surface area (Å²) in [6.07, 6.45) is 21.4. The third kappa shape index (κ3) is 3.07. The van der Waals surface area contributed by atoms with Crippen molar-refractivity contribution in [3.05, 3.63) is 71.4 Å². The molecule has 0 unspecified atom stereocenters. The first-order chi connectivity index (χ1) is 10.7. The molecule has 0 N–H and O–H groups in total. The van der Waals surface area contributed by atoms with Crippen LogP contribution in [0.25, 0.3) is 0 Å². The number of allylic oxidation sites excluding steroid dienone is 12. The van der Waals surface area contributed by atoms with E-state index in [0.29, 0.717) is 0 Å². The minimum atomic E-state index is 0.0762. The molecule has 0 saturated carbocycles. The summed E-state index contributed by atoms with van der Waals surface area (Å²) >= 11 is 16.9. The van der Waals surface area contributed by atoms with Crippen molar-refractivity contribution in [2.45, 2.75) is 19.3 Å². The van der Waals surface area contributed by atoms with Crippen LogP contribution < -0.4 is 0 Å². The third-order valence-corrected chi connectivity index (χ3v) is 5.25. The van der Waals surface area contributed by atoms with E-state index in [1.807, 2.05) is 0 Å². The van der Waals surface area contributed by atoms with Gasteiger partial charge in [-0.05, 0) is 16.7 Å². The summed E-state index contributed by atoms with van der Waals surface area (Å²) in [7, 11) is 0. The van der Waals surface area contributed by atoms with E-state index in [-0.39, 0.29) is 5.92 Å². The SMILES string of the molecule is S=C1CC=CC=C1C(C1=CC=CCC1=S)C1=CC=CCC1=S. The minimum Gasteiger partial charge on any atom is -0.0842 e. The van der Waals surface area contributed by atoms with Crippen molar-refractivity contribution < 1.29 is 0 Å². The molecular weight excluding hydrogens is 324 g/mol.